The van der Waals surface area contributed by atoms with Gasteiger partial charge in [-0.2, -0.15) is 0 Å². The molecule has 17 heavy (non-hydrogen) atoms. The minimum Gasteiger partial charge on any atom is -0.338 e. The van der Waals surface area contributed by atoms with Gasteiger partial charge in [-0.25, -0.2) is 0 Å². The van der Waals surface area contributed by atoms with Crippen molar-refractivity contribution in [1.29, 1.82) is 0 Å². The van der Waals surface area contributed by atoms with Gasteiger partial charge in [0.2, 0.25) is 0 Å². The number of nitrogens with zero attached hydrogens (tertiary/aromatic N) is 2. The number of carbonyl (C=O) groups is 1. The summed E-state index contributed by atoms with van der Waals surface area (Å²) in [6.07, 6.45) is 3.33. The van der Waals surface area contributed by atoms with Crippen LogP contribution in [0.1, 0.15) is 10.4 Å². The lowest BCUT2D eigenvalue weighted by Gasteiger charge is -2.17. The third kappa shape index (κ3) is 2.09. The molecule has 0 radical (unpaired) electrons. The summed E-state index contributed by atoms with van der Waals surface area (Å²) in [6, 6.07) is 1.84. The highest BCUT2D eigenvalue weighted by atomic mass is 79.9. The fourth-order valence-electron chi connectivity index (χ4n) is 2.73. The molecule has 0 spiro atoms. The molecule has 1 aromatic heterocycles. The number of aromatic nitrogens is 1. The number of carbonyl (C=O) groups excluding carboxylic acids is 1. The summed E-state index contributed by atoms with van der Waals surface area (Å²) in [6.45, 7) is 3.85. The summed E-state index contributed by atoms with van der Waals surface area (Å²) in [5, 5.41) is 3.37. The van der Waals surface area contributed by atoms with E-state index in [0.29, 0.717) is 17.4 Å². The summed E-state index contributed by atoms with van der Waals surface area (Å²) in [5.41, 5.74) is 0.673. The van der Waals surface area contributed by atoms with Crippen molar-refractivity contribution in [2.75, 3.05) is 26.2 Å². The van der Waals surface area contributed by atoms with Crippen molar-refractivity contribution in [2.45, 2.75) is 0 Å². The van der Waals surface area contributed by atoms with Crippen LogP contribution in [0, 0.1) is 11.8 Å². The Bertz CT molecular complexity index is 439. The molecule has 2 saturated heterocycles. The molecule has 0 saturated carbocycles. The lowest BCUT2D eigenvalue weighted by atomic mass is 10.0. The van der Waals surface area contributed by atoms with Gasteiger partial charge in [-0.1, -0.05) is 0 Å². The van der Waals surface area contributed by atoms with Gasteiger partial charge in [0.1, 0.15) is 0 Å². The molecule has 2 fully saturated rings. The second-order valence-electron chi connectivity index (χ2n) is 4.78. The first kappa shape index (κ1) is 11.2. The van der Waals surface area contributed by atoms with Crippen molar-refractivity contribution in [3.05, 3.63) is 28.5 Å². The number of pyridine rings is 1. The number of rotatable bonds is 1. The molecule has 2 aliphatic rings. The van der Waals surface area contributed by atoms with E-state index in [1.807, 2.05) is 11.0 Å². The van der Waals surface area contributed by atoms with E-state index in [-0.39, 0.29) is 5.91 Å². The third-order valence-corrected chi connectivity index (χ3v) is 4.06. The van der Waals surface area contributed by atoms with E-state index in [2.05, 4.69) is 26.2 Å². The fourth-order valence-corrected chi connectivity index (χ4v) is 3.10. The Labute approximate surface area is 109 Å². The van der Waals surface area contributed by atoms with Gasteiger partial charge in [-0.05, 0) is 33.8 Å². The Balaban J connectivity index is 1.75. The molecule has 3 rings (SSSR count). The van der Waals surface area contributed by atoms with E-state index in [0.717, 1.165) is 30.7 Å². The van der Waals surface area contributed by atoms with Gasteiger partial charge in [0.15, 0.2) is 0 Å². The monoisotopic (exact) mass is 295 g/mol. The van der Waals surface area contributed by atoms with E-state index in [1.54, 1.807) is 12.4 Å². The zero-order valence-electron chi connectivity index (χ0n) is 9.40. The van der Waals surface area contributed by atoms with Gasteiger partial charge in [0.05, 0.1) is 5.56 Å². The number of likely N-dealkylation sites (tertiary alicyclic amines) is 1. The Morgan fingerprint density at radius 3 is 2.71 bits per heavy atom. The van der Waals surface area contributed by atoms with Gasteiger partial charge in [0, 0.05) is 43.0 Å². The Morgan fingerprint density at radius 1 is 1.35 bits per heavy atom. The maximum absolute atomic E-state index is 12.3. The highest BCUT2D eigenvalue weighted by Gasteiger charge is 2.38. The van der Waals surface area contributed by atoms with Crippen molar-refractivity contribution < 1.29 is 4.79 Å². The highest BCUT2D eigenvalue weighted by Crippen LogP contribution is 2.27. The van der Waals surface area contributed by atoms with E-state index >= 15 is 0 Å². The summed E-state index contributed by atoms with van der Waals surface area (Å²) >= 11 is 3.34. The molecule has 5 heteroatoms. The summed E-state index contributed by atoms with van der Waals surface area (Å²) in [4.78, 5) is 18.3. The molecular weight excluding hydrogens is 282 g/mol. The summed E-state index contributed by atoms with van der Waals surface area (Å²) in [7, 11) is 0. The van der Waals surface area contributed by atoms with Crippen LogP contribution in [0.15, 0.2) is 22.9 Å². The number of nitrogens with one attached hydrogen (secondary N) is 1. The molecule has 1 N–H and O–H groups in total. The van der Waals surface area contributed by atoms with Gasteiger partial charge < -0.3 is 10.2 Å². The first-order chi connectivity index (χ1) is 8.24. The minimum atomic E-state index is 0.105. The number of amides is 1. The number of hydrogen-bond donors (Lipinski definition) is 1. The molecule has 0 bridgehead atoms. The predicted octanol–water partition coefficient (Wildman–Crippen LogP) is 1.14. The molecule has 0 aliphatic carbocycles. The predicted molar refractivity (Wildman–Crippen MR) is 67.7 cm³/mol. The molecule has 0 aromatic carbocycles. The Morgan fingerprint density at radius 2 is 2.06 bits per heavy atom. The van der Waals surface area contributed by atoms with Crippen LogP contribution in [0.5, 0.6) is 0 Å². The molecule has 2 unspecified atom stereocenters. The number of hydrogen-bond acceptors (Lipinski definition) is 3. The van der Waals surface area contributed by atoms with E-state index in [4.69, 9.17) is 0 Å². The number of fused-ring (bicyclic) bond motifs is 1. The zero-order valence-corrected chi connectivity index (χ0v) is 11.0. The molecule has 90 valence electrons. The Hall–Kier alpha value is -0.940. The molecule has 2 atom stereocenters. The maximum atomic E-state index is 12.3. The van der Waals surface area contributed by atoms with E-state index in [1.165, 1.54) is 0 Å². The summed E-state index contributed by atoms with van der Waals surface area (Å²) < 4.78 is 0.851. The normalized spacial score (nSPS) is 27.2. The van der Waals surface area contributed by atoms with Crippen molar-refractivity contribution >= 4 is 21.8 Å². The Kier molecular flexibility index (Phi) is 2.88. The number of halogens is 1. The molecule has 4 nitrogen and oxygen atoms in total. The lowest BCUT2D eigenvalue weighted by molar-refractivity contribution is 0.0781. The molecule has 3 heterocycles. The second-order valence-corrected chi connectivity index (χ2v) is 5.70. The lowest BCUT2D eigenvalue weighted by Crippen LogP contribution is -2.31. The highest BCUT2D eigenvalue weighted by molar-refractivity contribution is 9.10. The average molecular weight is 296 g/mol. The van der Waals surface area contributed by atoms with Crippen molar-refractivity contribution in [3.63, 3.8) is 0 Å². The average Bonchev–Trinajstić information content (AvgIpc) is 2.88. The van der Waals surface area contributed by atoms with Crippen molar-refractivity contribution in [1.82, 2.24) is 15.2 Å². The SMILES string of the molecule is O=C(c1cncc(Br)c1)N1CC2CNCC2C1. The standard InChI is InChI=1S/C12H14BrN3O/c13-11-1-8(2-15-5-11)12(17)16-6-9-3-14-4-10(9)7-16/h1-2,5,9-10,14H,3-4,6-7H2. The third-order valence-electron chi connectivity index (χ3n) is 3.63. The van der Waals surface area contributed by atoms with Crippen molar-refractivity contribution in [3.8, 4) is 0 Å². The maximum Gasteiger partial charge on any atom is 0.255 e. The first-order valence-corrected chi connectivity index (χ1v) is 6.64. The van der Waals surface area contributed by atoms with Gasteiger partial charge in [-0.15, -0.1) is 0 Å². The van der Waals surface area contributed by atoms with Crippen LogP contribution >= 0.6 is 15.9 Å². The van der Waals surface area contributed by atoms with E-state index in [9.17, 15) is 4.79 Å². The van der Waals surface area contributed by atoms with Crippen LogP contribution in [0.2, 0.25) is 0 Å². The van der Waals surface area contributed by atoms with E-state index < -0.39 is 0 Å². The van der Waals surface area contributed by atoms with Crippen LogP contribution in [-0.4, -0.2) is 42.0 Å². The van der Waals surface area contributed by atoms with Crippen LogP contribution in [0.4, 0.5) is 0 Å². The van der Waals surface area contributed by atoms with Crippen LogP contribution in [0.3, 0.4) is 0 Å². The largest absolute Gasteiger partial charge is 0.338 e. The smallest absolute Gasteiger partial charge is 0.255 e. The first-order valence-electron chi connectivity index (χ1n) is 5.84. The molecule has 2 aliphatic heterocycles. The minimum absolute atomic E-state index is 0.105. The molecular formula is C12H14BrN3O. The molecule has 1 aromatic rings. The van der Waals surface area contributed by atoms with Gasteiger partial charge in [-0.3, -0.25) is 9.78 Å². The van der Waals surface area contributed by atoms with Crippen LogP contribution in [0.25, 0.3) is 0 Å². The topological polar surface area (TPSA) is 45.2 Å². The molecule has 1 amide bonds. The van der Waals surface area contributed by atoms with Crippen molar-refractivity contribution in [2.24, 2.45) is 11.8 Å². The van der Waals surface area contributed by atoms with Gasteiger partial charge in [0.25, 0.3) is 5.91 Å². The van der Waals surface area contributed by atoms with Crippen LogP contribution < -0.4 is 5.32 Å². The van der Waals surface area contributed by atoms with Gasteiger partial charge >= 0.3 is 0 Å². The zero-order chi connectivity index (χ0) is 11.8. The second kappa shape index (κ2) is 4.38. The fraction of sp³-hybridized carbons (Fsp3) is 0.500. The summed E-state index contributed by atoms with van der Waals surface area (Å²) in [5.74, 6) is 1.38. The van der Waals surface area contributed by atoms with Crippen LogP contribution in [-0.2, 0) is 0 Å². The quantitative estimate of drug-likeness (QED) is 0.845.